The molecule has 1 aromatic carbocycles. The SMILES string of the molecule is O=C(COC(=O)C1CCCCC1)Nc1ccc(OC(F)F)cc1. The van der Waals surface area contributed by atoms with E-state index in [-0.39, 0.29) is 24.2 Å². The Morgan fingerprint density at radius 2 is 1.78 bits per heavy atom. The molecule has 0 saturated heterocycles. The van der Waals surface area contributed by atoms with Gasteiger partial charge < -0.3 is 14.8 Å². The summed E-state index contributed by atoms with van der Waals surface area (Å²) in [5.41, 5.74) is 0.408. The zero-order chi connectivity index (χ0) is 16.7. The van der Waals surface area contributed by atoms with Crippen molar-refractivity contribution in [2.24, 2.45) is 5.92 Å². The van der Waals surface area contributed by atoms with Crippen molar-refractivity contribution in [2.45, 2.75) is 38.7 Å². The highest BCUT2D eigenvalue weighted by Gasteiger charge is 2.23. The first-order valence-corrected chi connectivity index (χ1v) is 7.56. The number of halogens is 2. The average molecular weight is 327 g/mol. The molecule has 0 atom stereocenters. The standard InChI is InChI=1S/C16H19F2NO4/c17-16(18)23-13-8-6-12(7-9-13)19-14(20)10-22-15(21)11-4-2-1-3-5-11/h6-9,11,16H,1-5,10H2,(H,19,20). The van der Waals surface area contributed by atoms with E-state index in [1.54, 1.807) is 0 Å². The largest absolute Gasteiger partial charge is 0.455 e. The molecular weight excluding hydrogens is 308 g/mol. The van der Waals surface area contributed by atoms with E-state index in [4.69, 9.17) is 4.74 Å². The third-order valence-corrected chi connectivity index (χ3v) is 3.65. The maximum absolute atomic E-state index is 12.0. The summed E-state index contributed by atoms with van der Waals surface area (Å²) in [6.07, 6.45) is 4.78. The van der Waals surface area contributed by atoms with Crippen LogP contribution in [0.5, 0.6) is 5.75 Å². The van der Waals surface area contributed by atoms with Crippen molar-refractivity contribution < 1.29 is 27.8 Å². The monoisotopic (exact) mass is 327 g/mol. The molecule has 0 radical (unpaired) electrons. The predicted molar refractivity (Wildman–Crippen MR) is 79.2 cm³/mol. The van der Waals surface area contributed by atoms with E-state index >= 15 is 0 Å². The number of amides is 1. The summed E-state index contributed by atoms with van der Waals surface area (Å²) in [5.74, 6) is -0.915. The van der Waals surface area contributed by atoms with Gasteiger partial charge >= 0.3 is 12.6 Å². The van der Waals surface area contributed by atoms with E-state index in [1.807, 2.05) is 0 Å². The fourth-order valence-electron chi connectivity index (χ4n) is 2.51. The first-order chi connectivity index (χ1) is 11.0. The van der Waals surface area contributed by atoms with E-state index in [0.29, 0.717) is 5.69 Å². The van der Waals surface area contributed by atoms with Crippen LogP contribution in [0.1, 0.15) is 32.1 Å². The molecule has 126 valence electrons. The summed E-state index contributed by atoms with van der Waals surface area (Å²) >= 11 is 0. The number of carbonyl (C=O) groups is 2. The number of hydrogen-bond donors (Lipinski definition) is 1. The number of anilines is 1. The maximum atomic E-state index is 12.0. The number of esters is 1. The van der Waals surface area contributed by atoms with Crippen LogP contribution in [0.15, 0.2) is 24.3 Å². The minimum absolute atomic E-state index is 0.00160. The molecule has 1 fully saturated rings. The molecule has 1 saturated carbocycles. The topological polar surface area (TPSA) is 64.6 Å². The van der Waals surface area contributed by atoms with Crippen LogP contribution in [0.25, 0.3) is 0 Å². The van der Waals surface area contributed by atoms with Gasteiger partial charge in [-0.2, -0.15) is 8.78 Å². The van der Waals surface area contributed by atoms with Crippen molar-refractivity contribution in [1.82, 2.24) is 0 Å². The van der Waals surface area contributed by atoms with Crippen LogP contribution in [0, 0.1) is 5.92 Å². The molecule has 2 rings (SSSR count). The van der Waals surface area contributed by atoms with Crippen LogP contribution in [-0.2, 0) is 14.3 Å². The van der Waals surface area contributed by atoms with Gasteiger partial charge in [0, 0.05) is 5.69 Å². The van der Waals surface area contributed by atoms with Crippen molar-refractivity contribution in [2.75, 3.05) is 11.9 Å². The number of alkyl halides is 2. The number of rotatable bonds is 6. The summed E-state index contributed by atoms with van der Waals surface area (Å²) in [4.78, 5) is 23.5. The van der Waals surface area contributed by atoms with E-state index in [1.165, 1.54) is 24.3 Å². The second kappa shape index (κ2) is 8.45. The zero-order valence-corrected chi connectivity index (χ0v) is 12.6. The Morgan fingerprint density at radius 1 is 1.13 bits per heavy atom. The zero-order valence-electron chi connectivity index (χ0n) is 12.6. The van der Waals surface area contributed by atoms with Crippen LogP contribution >= 0.6 is 0 Å². The normalized spacial score (nSPS) is 15.3. The minimum Gasteiger partial charge on any atom is -0.455 e. The van der Waals surface area contributed by atoms with Crippen LogP contribution in [0.3, 0.4) is 0 Å². The molecule has 1 aromatic rings. The Bertz CT molecular complexity index is 527. The fourth-order valence-corrected chi connectivity index (χ4v) is 2.51. The molecule has 0 unspecified atom stereocenters. The molecular formula is C16H19F2NO4. The lowest BCUT2D eigenvalue weighted by Crippen LogP contribution is -2.26. The Kier molecular flexibility index (Phi) is 6.31. The molecule has 1 aliphatic carbocycles. The molecule has 1 amide bonds. The number of ether oxygens (including phenoxy) is 2. The van der Waals surface area contributed by atoms with E-state index in [9.17, 15) is 18.4 Å². The molecule has 0 aromatic heterocycles. The number of carbonyl (C=O) groups excluding carboxylic acids is 2. The van der Waals surface area contributed by atoms with Gasteiger partial charge in [-0.25, -0.2) is 0 Å². The Balaban J connectivity index is 1.74. The van der Waals surface area contributed by atoms with Crippen molar-refractivity contribution in [3.05, 3.63) is 24.3 Å². The average Bonchev–Trinajstić information content (AvgIpc) is 2.55. The van der Waals surface area contributed by atoms with Crippen LogP contribution < -0.4 is 10.1 Å². The summed E-state index contributed by atoms with van der Waals surface area (Å²) in [6.45, 7) is -3.25. The molecule has 23 heavy (non-hydrogen) atoms. The van der Waals surface area contributed by atoms with Gasteiger partial charge in [0.05, 0.1) is 5.92 Å². The molecule has 1 aliphatic rings. The molecule has 7 heteroatoms. The first kappa shape index (κ1) is 17.2. The van der Waals surface area contributed by atoms with Gasteiger partial charge in [0.15, 0.2) is 6.61 Å². The summed E-state index contributed by atoms with van der Waals surface area (Å²) < 4.78 is 33.3. The Labute approximate surface area is 133 Å². The van der Waals surface area contributed by atoms with Crippen molar-refractivity contribution in [1.29, 1.82) is 0 Å². The van der Waals surface area contributed by atoms with Gasteiger partial charge in [-0.3, -0.25) is 9.59 Å². The van der Waals surface area contributed by atoms with Gasteiger partial charge in [0.2, 0.25) is 0 Å². The summed E-state index contributed by atoms with van der Waals surface area (Å²) in [5, 5.41) is 2.52. The summed E-state index contributed by atoms with van der Waals surface area (Å²) in [6, 6.07) is 5.49. The Morgan fingerprint density at radius 3 is 2.39 bits per heavy atom. The van der Waals surface area contributed by atoms with Gasteiger partial charge in [-0.1, -0.05) is 19.3 Å². The molecule has 0 bridgehead atoms. The second-order valence-electron chi connectivity index (χ2n) is 5.39. The van der Waals surface area contributed by atoms with Crippen LogP contribution in [0.2, 0.25) is 0 Å². The minimum atomic E-state index is -2.89. The van der Waals surface area contributed by atoms with E-state index in [0.717, 1.165) is 32.1 Å². The van der Waals surface area contributed by atoms with Crippen LogP contribution in [-0.4, -0.2) is 25.1 Å². The number of nitrogens with one attached hydrogen (secondary N) is 1. The van der Waals surface area contributed by atoms with Gasteiger partial charge in [-0.15, -0.1) is 0 Å². The lowest BCUT2D eigenvalue weighted by atomic mass is 9.89. The fraction of sp³-hybridized carbons (Fsp3) is 0.500. The van der Waals surface area contributed by atoms with E-state index in [2.05, 4.69) is 10.1 Å². The highest BCUT2D eigenvalue weighted by atomic mass is 19.3. The van der Waals surface area contributed by atoms with Gasteiger partial charge in [0.1, 0.15) is 5.75 Å². The Hall–Kier alpha value is -2.18. The van der Waals surface area contributed by atoms with Crippen molar-refractivity contribution in [3.8, 4) is 5.75 Å². The number of benzene rings is 1. The smallest absolute Gasteiger partial charge is 0.387 e. The molecule has 5 nitrogen and oxygen atoms in total. The first-order valence-electron chi connectivity index (χ1n) is 7.56. The number of hydrogen-bond acceptors (Lipinski definition) is 4. The summed E-state index contributed by atoms with van der Waals surface area (Å²) in [7, 11) is 0. The molecule has 0 aliphatic heterocycles. The van der Waals surface area contributed by atoms with Crippen LogP contribution in [0.4, 0.5) is 14.5 Å². The lowest BCUT2D eigenvalue weighted by molar-refractivity contribution is -0.152. The van der Waals surface area contributed by atoms with Crippen molar-refractivity contribution in [3.63, 3.8) is 0 Å². The van der Waals surface area contributed by atoms with Gasteiger partial charge in [-0.05, 0) is 37.1 Å². The molecule has 1 N–H and O–H groups in total. The molecule has 0 heterocycles. The third-order valence-electron chi connectivity index (χ3n) is 3.65. The third kappa shape index (κ3) is 5.84. The highest BCUT2D eigenvalue weighted by molar-refractivity contribution is 5.92. The van der Waals surface area contributed by atoms with Crippen molar-refractivity contribution >= 4 is 17.6 Å². The van der Waals surface area contributed by atoms with Gasteiger partial charge in [0.25, 0.3) is 5.91 Å². The molecule has 0 spiro atoms. The maximum Gasteiger partial charge on any atom is 0.387 e. The quantitative estimate of drug-likeness (QED) is 0.814. The second-order valence-corrected chi connectivity index (χ2v) is 5.39. The lowest BCUT2D eigenvalue weighted by Gasteiger charge is -2.19. The highest BCUT2D eigenvalue weighted by Crippen LogP contribution is 2.24. The predicted octanol–water partition coefficient (Wildman–Crippen LogP) is 3.35. The van der Waals surface area contributed by atoms with E-state index < -0.39 is 12.5 Å².